The van der Waals surface area contributed by atoms with Crippen LogP contribution in [0.15, 0.2) is 36.0 Å². The Bertz CT molecular complexity index is 718. The molecule has 0 spiro atoms. The van der Waals surface area contributed by atoms with Crippen molar-refractivity contribution in [3.63, 3.8) is 0 Å². The van der Waals surface area contributed by atoms with Crippen LogP contribution in [-0.4, -0.2) is 20.3 Å². The van der Waals surface area contributed by atoms with Crippen LogP contribution in [0.3, 0.4) is 0 Å². The molecule has 3 rings (SSSR count). The molecule has 6 heteroatoms. The molecule has 0 saturated carbocycles. The second-order valence-electron chi connectivity index (χ2n) is 4.55. The van der Waals surface area contributed by atoms with Crippen LogP contribution in [0.4, 0.5) is 0 Å². The number of carbonyl (C=O) groups excluding carboxylic acids is 1. The Kier molecular flexibility index (Phi) is 3.47. The Balaban J connectivity index is 1.58. The fraction of sp³-hybridized carbons (Fsp3) is 0.214. The van der Waals surface area contributed by atoms with Crippen LogP contribution in [-0.2, 0) is 17.8 Å². The van der Waals surface area contributed by atoms with E-state index in [1.165, 1.54) is 0 Å². The van der Waals surface area contributed by atoms with Gasteiger partial charge in [0, 0.05) is 23.5 Å². The molecule has 1 N–H and O–H groups in total. The maximum atomic E-state index is 11.9. The molecule has 3 aromatic heterocycles. The lowest BCUT2D eigenvalue weighted by molar-refractivity contribution is -0.120. The Morgan fingerprint density at radius 2 is 2.25 bits per heavy atom. The molecule has 0 fully saturated rings. The van der Waals surface area contributed by atoms with E-state index in [-0.39, 0.29) is 5.91 Å². The molecule has 0 aliphatic carbocycles. The van der Waals surface area contributed by atoms with E-state index in [0.29, 0.717) is 13.0 Å². The number of amides is 1. The number of hydrogen-bond donors (Lipinski definition) is 1. The van der Waals surface area contributed by atoms with Crippen molar-refractivity contribution in [2.24, 2.45) is 0 Å². The van der Waals surface area contributed by atoms with Crippen LogP contribution in [0.5, 0.6) is 0 Å². The molecule has 0 aromatic carbocycles. The summed E-state index contributed by atoms with van der Waals surface area (Å²) in [4.78, 5) is 21.5. The number of pyridine rings is 1. The Morgan fingerprint density at radius 3 is 3.05 bits per heavy atom. The largest absolute Gasteiger partial charge is 0.350 e. The predicted octanol–water partition coefficient (Wildman–Crippen LogP) is 1.96. The SMILES string of the molecule is Cc1cccc(CNC(=O)Cc2cn3ccsc3n2)n1. The molecular formula is C14H14N4OS. The van der Waals surface area contributed by atoms with Crippen LogP contribution in [0, 0.1) is 6.92 Å². The standard InChI is InChI=1S/C14H14N4OS/c1-10-3-2-4-11(16-10)8-15-13(19)7-12-9-18-5-6-20-14(18)17-12/h2-6,9H,7-8H2,1H3,(H,15,19). The Labute approximate surface area is 120 Å². The Hall–Kier alpha value is -2.21. The van der Waals surface area contributed by atoms with E-state index in [4.69, 9.17) is 0 Å². The van der Waals surface area contributed by atoms with Crippen LogP contribution >= 0.6 is 11.3 Å². The Morgan fingerprint density at radius 1 is 1.35 bits per heavy atom. The third-order valence-corrected chi connectivity index (χ3v) is 3.67. The number of thiazole rings is 1. The minimum Gasteiger partial charge on any atom is -0.350 e. The zero-order chi connectivity index (χ0) is 13.9. The smallest absolute Gasteiger partial charge is 0.226 e. The first kappa shape index (κ1) is 12.8. The first-order valence-electron chi connectivity index (χ1n) is 6.31. The number of rotatable bonds is 4. The molecule has 0 saturated heterocycles. The summed E-state index contributed by atoms with van der Waals surface area (Å²) in [6.07, 6.45) is 4.11. The molecule has 3 heterocycles. The van der Waals surface area contributed by atoms with Gasteiger partial charge in [-0.3, -0.25) is 14.2 Å². The van der Waals surface area contributed by atoms with Crippen molar-refractivity contribution >= 4 is 22.2 Å². The fourth-order valence-corrected chi connectivity index (χ4v) is 2.69. The number of nitrogens with one attached hydrogen (secondary N) is 1. The van der Waals surface area contributed by atoms with Gasteiger partial charge in [0.1, 0.15) is 0 Å². The third-order valence-electron chi connectivity index (χ3n) is 2.90. The van der Waals surface area contributed by atoms with E-state index in [9.17, 15) is 4.79 Å². The van der Waals surface area contributed by atoms with Gasteiger partial charge in [-0.05, 0) is 19.1 Å². The minimum atomic E-state index is -0.0425. The fourth-order valence-electron chi connectivity index (χ4n) is 1.98. The second-order valence-corrected chi connectivity index (χ2v) is 5.42. The van der Waals surface area contributed by atoms with Gasteiger partial charge < -0.3 is 5.32 Å². The predicted molar refractivity (Wildman–Crippen MR) is 77.6 cm³/mol. The number of aromatic nitrogens is 3. The second kappa shape index (κ2) is 5.42. The molecule has 0 atom stereocenters. The monoisotopic (exact) mass is 286 g/mol. The lowest BCUT2D eigenvalue weighted by atomic mass is 10.3. The van der Waals surface area contributed by atoms with Gasteiger partial charge in [-0.25, -0.2) is 4.98 Å². The zero-order valence-corrected chi connectivity index (χ0v) is 11.9. The molecule has 1 amide bonds. The van der Waals surface area contributed by atoms with Gasteiger partial charge in [-0.15, -0.1) is 11.3 Å². The molecule has 102 valence electrons. The number of fused-ring (bicyclic) bond motifs is 1. The highest BCUT2D eigenvalue weighted by molar-refractivity contribution is 7.15. The van der Waals surface area contributed by atoms with Crippen LogP contribution in [0.1, 0.15) is 17.1 Å². The molecule has 20 heavy (non-hydrogen) atoms. The topological polar surface area (TPSA) is 59.3 Å². The summed E-state index contributed by atoms with van der Waals surface area (Å²) < 4.78 is 1.93. The number of hydrogen-bond acceptors (Lipinski definition) is 4. The summed E-state index contributed by atoms with van der Waals surface area (Å²) in [5, 5.41) is 4.83. The molecular weight excluding hydrogens is 272 g/mol. The molecule has 0 aliphatic rings. The van der Waals surface area contributed by atoms with Gasteiger partial charge in [0.15, 0.2) is 4.96 Å². The highest BCUT2D eigenvalue weighted by Crippen LogP contribution is 2.11. The summed E-state index contributed by atoms with van der Waals surface area (Å²) in [7, 11) is 0. The van der Waals surface area contributed by atoms with Crippen molar-refractivity contribution in [1.29, 1.82) is 0 Å². The van der Waals surface area contributed by atoms with Crippen molar-refractivity contribution in [2.45, 2.75) is 19.9 Å². The van der Waals surface area contributed by atoms with Crippen LogP contribution in [0.2, 0.25) is 0 Å². The van der Waals surface area contributed by atoms with Gasteiger partial charge >= 0.3 is 0 Å². The van der Waals surface area contributed by atoms with Gasteiger partial charge in [-0.1, -0.05) is 6.07 Å². The summed E-state index contributed by atoms with van der Waals surface area (Å²) in [5.41, 5.74) is 2.60. The summed E-state index contributed by atoms with van der Waals surface area (Å²) in [5.74, 6) is -0.0425. The van der Waals surface area contributed by atoms with E-state index < -0.39 is 0 Å². The van der Waals surface area contributed by atoms with Crippen molar-refractivity contribution in [1.82, 2.24) is 19.7 Å². The van der Waals surface area contributed by atoms with E-state index in [0.717, 1.165) is 22.0 Å². The van der Waals surface area contributed by atoms with Crippen LogP contribution in [0.25, 0.3) is 4.96 Å². The highest BCUT2D eigenvalue weighted by Gasteiger charge is 2.08. The third kappa shape index (κ3) is 2.85. The average Bonchev–Trinajstić information content (AvgIpc) is 2.97. The minimum absolute atomic E-state index is 0.0425. The van der Waals surface area contributed by atoms with Crippen LogP contribution < -0.4 is 5.32 Å². The normalized spacial score (nSPS) is 10.8. The summed E-state index contributed by atoms with van der Waals surface area (Å²) in [6, 6.07) is 5.77. The van der Waals surface area contributed by atoms with Gasteiger partial charge in [0.05, 0.1) is 24.4 Å². The lowest BCUT2D eigenvalue weighted by Gasteiger charge is -2.04. The molecule has 0 unspecified atom stereocenters. The highest BCUT2D eigenvalue weighted by atomic mass is 32.1. The number of aryl methyl sites for hydroxylation is 1. The first-order chi connectivity index (χ1) is 9.70. The number of imidazole rings is 1. The van der Waals surface area contributed by atoms with E-state index in [2.05, 4.69) is 15.3 Å². The van der Waals surface area contributed by atoms with E-state index in [1.54, 1.807) is 11.3 Å². The lowest BCUT2D eigenvalue weighted by Crippen LogP contribution is -2.25. The summed E-state index contributed by atoms with van der Waals surface area (Å²) in [6.45, 7) is 2.38. The number of nitrogens with zero attached hydrogens (tertiary/aromatic N) is 3. The van der Waals surface area contributed by atoms with E-state index in [1.807, 2.05) is 47.3 Å². The van der Waals surface area contributed by atoms with Gasteiger partial charge in [0.25, 0.3) is 0 Å². The van der Waals surface area contributed by atoms with Crippen molar-refractivity contribution in [2.75, 3.05) is 0 Å². The molecule has 0 aliphatic heterocycles. The maximum absolute atomic E-state index is 11.9. The first-order valence-corrected chi connectivity index (χ1v) is 7.19. The van der Waals surface area contributed by atoms with Gasteiger partial charge in [-0.2, -0.15) is 0 Å². The number of carbonyl (C=O) groups is 1. The zero-order valence-electron chi connectivity index (χ0n) is 11.0. The molecule has 3 aromatic rings. The quantitative estimate of drug-likeness (QED) is 0.797. The van der Waals surface area contributed by atoms with E-state index >= 15 is 0 Å². The van der Waals surface area contributed by atoms with Crippen molar-refractivity contribution in [3.05, 3.63) is 53.1 Å². The van der Waals surface area contributed by atoms with Gasteiger partial charge in [0.2, 0.25) is 5.91 Å². The average molecular weight is 286 g/mol. The maximum Gasteiger partial charge on any atom is 0.226 e. The molecule has 0 radical (unpaired) electrons. The van der Waals surface area contributed by atoms with Crippen molar-refractivity contribution in [3.8, 4) is 0 Å². The molecule has 5 nitrogen and oxygen atoms in total. The molecule has 0 bridgehead atoms. The van der Waals surface area contributed by atoms with Crippen molar-refractivity contribution < 1.29 is 4.79 Å². The summed E-state index contributed by atoms with van der Waals surface area (Å²) >= 11 is 1.56.